The number of ether oxygens (including phenoxy) is 2. The number of nitrogens with zero attached hydrogens (tertiary/aromatic N) is 4. The topological polar surface area (TPSA) is 129 Å². The van der Waals surface area contributed by atoms with Gasteiger partial charge in [-0.2, -0.15) is 5.26 Å². The maximum absolute atomic E-state index is 12.5. The minimum atomic E-state index is -0.543. The van der Waals surface area contributed by atoms with E-state index in [2.05, 4.69) is 29.5 Å². The summed E-state index contributed by atoms with van der Waals surface area (Å²) in [6.45, 7) is 11.4. The van der Waals surface area contributed by atoms with Gasteiger partial charge in [0.2, 0.25) is 11.9 Å². The van der Waals surface area contributed by atoms with E-state index in [0.29, 0.717) is 58.1 Å². The zero-order chi connectivity index (χ0) is 25.7. The fourth-order valence-electron chi connectivity index (χ4n) is 3.55. The number of hydrogen-bond acceptors (Lipinski definition) is 7. The summed E-state index contributed by atoms with van der Waals surface area (Å²) in [6, 6.07) is 5.70. The average molecular weight is 487 g/mol. The number of morpholine rings is 1. The molecule has 1 aliphatic rings. The highest BCUT2D eigenvalue weighted by molar-refractivity contribution is 5.94. The quantitative estimate of drug-likeness (QED) is 0.295. The summed E-state index contributed by atoms with van der Waals surface area (Å²) in [5, 5.41) is 14.1. The van der Waals surface area contributed by atoms with Crippen LogP contribution in [0.5, 0.6) is 0 Å². The zero-order valence-corrected chi connectivity index (χ0v) is 21.3. The molecule has 1 saturated heterocycles. The lowest BCUT2D eigenvalue weighted by molar-refractivity contribution is -0.124. The van der Waals surface area contributed by atoms with Crippen LogP contribution < -0.4 is 10.6 Å². The molecule has 2 amide bonds. The first-order valence-corrected chi connectivity index (χ1v) is 12.0. The molecule has 1 fully saturated rings. The number of guanidine groups is 1. The average Bonchev–Trinajstić information content (AvgIpc) is 2.83. The van der Waals surface area contributed by atoms with E-state index in [0.717, 1.165) is 5.56 Å². The van der Waals surface area contributed by atoms with Crippen LogP contribution in [-0.4, -0.2) is 73.8 Å². The molecule has 0 saturated carbocycles. The first-order chi connectivity index (χ1) is 16.6. The van der Waals surface area contributed by atoms with Gasteiger partial charge in [-0.15, -0.1) is 0 Å². The van der Waals surface area contributed by atoms with Gasteiger partial charge in [-0.05, 0) is 34.9 Å². The van der Waals surface area contributed by atoms with Crippen LogP contribution in [0.2, 0.25) is 0 Å². The van der Waals surface area contributed by atoms with Crippen molar-refractivity contribution in [2.45, 2.75) is 47.0 Å². The fourth-order valence-corrected chi connectivity index (χ4v) is 3.55. The highest BCUT2D eigenvalue weighted by Gasteiger charge is 2.38. The molecule has 192 valence electrons. The number of nitriles is 1. The zero-order valence-electron chi connectivity index (χ0n) is 21.3. The third kappa shape index (κ3) is 9.53. The van der Waals surface area contributed by atoms with E-state index < -0.39 is 6.09 Å². The van der Waals surface area contributed by atoms with Crippen molar-refractivity contribution < 1.29 is 19.1 Å². The molecule has 10 heteroatoms. The number of carbonyl (C=O) groups is 2. The third-order valence-electron chi connectivity index (χ3n) is 6.70. The van der Waals surface area contributed by atoms with Gasteiger partial charge < -0.3 is 19.7 Å². The Kier molecular flexibility index (Phi) is 10.9. The van der Waals surface area contributed by atoms with Gasteiger partial charge in [0.25, 0.3) is 0 Å². The summed E-state index contributed by atoms with van der Waals surface area (Å²) >= 11 is 0. The Hall–Kier alpha value is -3.19. The Morgan fingerprint density at radius 2 is 1.89 bits per heavy atom. The van der Waals surface area contributed by atoms with E-state index in [4.69, 9.17) is 19.7 Å². The number of aromatic nitrogens is 1. The van der Waals surface area contributed by atoms with Gasteiger partial charge in [-0.3, -0.25) is 20.1 Å². The number of rotatable bonds is 10. The van der Waals surface area contributed by atoms with Gasteiger partial charge in [-0.25, -0.2) is 4.79 Å². The lowest BCUT2D eigenvalue weighted by atomic mass is 9.64. The molecule has 1 aliphatic heterocycles. The number of aliphatic imine (C=N–C) groups is 1. The second-order valence-electron chi connectivity index (χ2n) is 9.80. The number of hydrogen-bond donors (Lipinski definition) is 2. The normalized spacial score (nSPS) is 14.7. The van der Waals surface area contributed by atoms with Crippen molar-refractivity contribution in [2.75, 3.05) is 46.0 Å². The van der Waals surface area contributed by atoms with E-state index in [1.54, 1.807) is 12.4 Å². The first kappa shape index (κ1) is 28.1. The molecule has 2 N–H and O–H groups in total. The molecule has 10 nitrogen and oxygen atoms in total. The lowest BCUT2D eigenvalue weighted by Crippen LogP contribution is -2.49. The van der Waals surface area contributed by atoms with Gasteiger partial charge in [0.15, 0.2) is 0 Å². The van der Waals surface area contributed by atoms with Crippen LogP contribution in [0.25, 0.3) is 0 Å². The van der Waals surface area contributed by atoms with Gasteiger partial charge in [0.1, 0.15) is 6.54 Å². The van der Waals surface area contributed by atoms with Crippen molar-refractivity contribution in [3.8, 4) is 6.07 Å². The van der Waals surface area contributed by atoms with Crippen molar-refractivity contribution >= 4 is 18.0 Å². The molecule has 0 unspecified atom stereocenters. The molecular weight excluding hydrogens is 448 g/mol. The molecule has 1 aromatic rings. The van der Waals surface area contributed by atoms with Crippen LogP contribution >= 0.6 is 0 Å². The van der Waals surface area contributed by atoms with E-state index >= 15 is 0 Å². The van der Waals surface area contributed by atoms with Crippen LogP contribution in [0.4, 0.5) is 4.79 Å². The molecule has 0 atom stereocenters. The van der Waals surface area contributed by atoms with Crippen molar-refractivity contribution in [1.29, 1.82) is 5.26 Å². The second kappa shape index (κ2) is 13.6. The lowest BCUT2D eigenvalue weighted by Gasteiger charge is -2.41. The van der Waals surface area contributed by atoms with Crippen molar-refractivity contribution in [3.05, 3.63) is 30.1 Å². The first-order valence-electron chi connectivity index (χ1n) is 12.0. The number of alkyl carbamates (subject to hydrolysis) is 1. The van der Waals surface area contributed by atoms with Crippen LogP contribution in [0.1, 0.15) is 46.1 Å². The Labute approximate surface area is 208 Å². The summed E-state index contributed by atoms with van der Waals surface area (Å²) in [7, 11) is 0. The Balaban J connectivity index is 1.95. The van der Waals surface area contributed by atoms with Gasteiger partial charge in [0.05, 0.1) is 25.9 Å². The van der Waals surface area contributed by atoms with E-state index in [9.17, 15) is 9.59 Å². The van der Waals surface area contributed by atoms with Crippen LogP contribution in [-0.2, 0) is 20.7 Å². The molecular formula is C25H38N6O4. The molecule has 0 bridgehead atoms. The summed E-state index contributed by atoms with van der Waals surface area (Å²) in [5.74, 6) is 0.334. The molecule has 1 aromatic heterocycles. The minimum Gasteiger partial charge on any atom is -0.449 e. The van der Waals surface area contributed by atoms with Crippen LogP contribution in [0.3, 0.4) is 0 Å². The molecule has 35 heavy (non-hydrogen) atoms. The largest absolute Gasteiger partial charge is 0.449 e. The number of nitrogens with one attached hydrogen (secondary N) is 2. The molecule has 2 heterocycles. The summed E-state index contributed by atoms with van der Waals surface area (Å²) in [4.78, 5) is 35.3. The van der Waals surface area contributed by atoms with Gasteiger partial charge in [-0.1, -0.05) is 27.7 Å². The van der Waals surface area contributed by atoms with Gasteiger partial charge >= 0.3 is 6.09 Å². The predicted octanol–water partition coefficient (Wildman–Crippen LogP) is 2.51. The van der Waals surface area contributed by atoms with Gasteiger partial charge in [0, 0.05) is 44.9 Å². The predicted molar refractivity (Wildman–Crippen MR) is 133 cm³/mol. The van der Waals surface area contributed by atoms with Crippen molar-refractivity contribution in [2.24, 2.45) is 15.8 Å². The molecule has 0 radical (unpaired) electrons. The second-order valence-corrected chi connectivity index (χ2v) is 9.80. The van der Waals surface area contributed by atoms with E-state index in [1.807, 2.05) is 36.9 Å². The Morgan fingerprint density at radius 3 is 2.54 bits per heavy atom. The maximum atomic E-state index is 12.5. The third-order valence-corrected chi connectivity index (χ3v) is 6.70. The molecule has 0 aromatic carbocycles. The summed E-state index contributed by atoms with van der Waals surface area (Å²) in [6.07, 6.45) is 4.49. The minimum absolute atomic E-state index is 0.00682. The maximum Gasteiger partial charge on any atom is 0.413 e. The smallest absolute Gasteiger partial charge is 0.413 e. The highest BCUT2D eigenvalue weighted by atomic mass is 16.5. The van der Waals surface area contributed by atoms with E-state index in [1.165, 1.54) is 0 Å². The SMILES string of the molecule is CC(C)(CCN=C(NC(=O)OCCc1ccncc1)N1CCOCC1)C(C)(C)CC(=O)NCC#N. The van der Waals surface area contributed by atoms with E-state index in [-0.39, 0.29) is 29.9 Å². The highest BCUT2D eigenvalue weighted by Crippen LogP contribution is 2.43. The molecule has 2 rings (SSSR count). The summed E-state index contributed by atoms with van der Waals surface area (Å²) < 4.78 is 10.8. The Morgan fingerprint density at radius 1 is 1.20 bits per heavy atom. The van der Waals surface area contributed by atoms with Crippen LogP contribution in [0.15, 0.2) is 29.5 Å². The molecule has 0 spiro atoms. The molecule has 0 aliphatic carbocycles. The number of amides is 2. The van der Waals surface area contributed by atoms with Crippen molar-refractivity contribution in [3.63, 3.8) is 0 Å². The monoisotopic (exact) mass is 486 g/mol. The van der Waals surface area contributed by atoms with Crippen LogP contribution in [0, 0.1) is 22.2 Å². The van der Waals surface area contributed by atoms with Crippen molar-refractivity contribution in [1.82, 2.24) is 20.5 Å². The number of carbonyl (C=O) groups excluding carboxylic acids is 2. The Bertz CT molecular complexity index is 889. The summed E-state index contributed by atoms with van der Waals surface area (Å²) in [5.41, 5.74) is 0.503. The fraction of sp³-hybridized carbons (Fsp3) is 0.640. The standard InChI is InChI=1S/C25H38N6O4/c1-24(2,25(3,4)19-21(32)28-13-9-26)8-12-29-22(31-14-17-34-18-15-31)30-23(33)35-16-7-20-5-10-27-11-6-20/h5-6,10-11H,7-8,12-19H2,1-4H3,(H,28,32)(H,29,30,33). The number of pyridine rings is 1.